The van der Waals surface area contributed by atoms with Gasteiger partial charge in [-0.2, -0.15) is 0 Å². The highest BCUT2D eigenvalue weighted by molar-refractivity contribution is 5.87. The molecular weight excluding hydrogens is 230 g/mol. The number of methoxy groups -OCH3 is 1. The molecule has 0 saturated heterocycles. The molecule has 96 valence electrons. The normalized spacial score (nSPS) is 11.8. The Morgan fingerprint density at radius 1 is 1.33 bits per heavy atom. The number of benzene rings is 1. The summed E-state index contributed by atoms with van der Waals surface area (Å²) in [5.41, 5.74) is 0.861. The van der Waals surface area contributed by atoms with E-state index in [1.165, 1.54) is 0 Å². The summed E-state index contributed by atoms with van der Waals surface area (Å²) in [7, 11) is 3.50. The number of rotatable bonds is 3. The van der Waals surface area contributed by atoms with E-state index >= 15 is 0 Å². The van der Waals surface area contributed by atoms with Crippen LogP contribution in [0.25, 0.3) is 10.9 Å². The molecular formula is C14H17NO3. The van der Waals surface area contributed by atoms with E-state index in [2.05, 4.69) is 0 Å². The van der Waals surface area contributed by atoms with Crippen molar-refractivity contribution in [3.05, 3.63) is 30.0 Å². The van der Waals surface area contributed by atoms with Crippen LogP contribution in [0.15, 0.2) is 24.3 Å². The number of ether oxygens (including phenoxy) is 1. The van der Waals surface area contributed by atoms with E-state index < -0.39 is 11.4 Å². The lowest BCUT2D eigenvalue weighted by molar-refractivity contribution is -0.142. The van der Waals surface area contributed by atoms with Gasteiger partial charge in [-0.25, -0.2) is 0 Å². The second-order valence-corrected chi connectivity index (χ2v) is 4.94. The summed E-state index contributed by atoms with van der Waals surface area (Å²) in [6.07, 6.45) is 0. The minimum Gasteiger partial charge on any atom is -0.497 e. The lowest BCUT2D eigenvalue weighted by atomic mass is 9.89. The highest BCUT2D eigenvalue weighted by atomic mass is 16.5. The molecule has 0 aliphatic rings. The van der Waals surface area contributed by atoms with Crippen molar-refractivity contribution < 1.29 is 14.6 Å². The second-order valence-electron chi connectivity index (χ2n) is 4.94. The maximum atomic E-state index is 11.3. The summed E-state index contributed by atoms with van der Waals surface area (Å²) in [5, 5.41) is 10.3. The number of hydrogen-bond acceptors (Lipinski definition) is 2. The first kappa shape index (κ1) is 12.5. The SMILES string of the molecule is COc1ccc2c(c1)cc(C(C)(C)C(=O)O)n2C. The fraction of sp³-hybridized carbons (Fsp3) is 0.357. The molecule has 1 aromatic carbocycles. The standard InChI is InChI=1S/C14H17NO3/c1-14(2,13(16)17)12-8-9-7-10(18-4)5-6-11(9)15(12)3/h5-8H,1-4H3,(H,16,17). The van der Waals surface area contributed by atoms with Crippen molar-refractivity contribution >= 4 is 16.9 Å². The highest BCUT2D eigenvalue weighted by Gasteiger charge is 2.32. The van der Waals surface area contributed by atoms with Crippen LogP contribution in [0.4, 0.5) is 0 Å². The van der Waals surface area contributed by atoms with Crippen molar-refractivity contribution in [3.63, 3.8) is 0 Å². The van der Waals surface area contributed by atoms with Crippen molar-refractivity contribution in [3.8, 4) is 5.75 Å². The van der Waals surface area contributed by atoms with Gasteiger partial charge in [0.05, 0.1) is 7.11 Å². The predicted octanol–water partition coefficient (Wildman–Crippen LogP) is 2.55. The second kappa shape index (κ2) is 4.05. The average Bonchev–Trinajstić information content (AvgIpc) is 2.66. The van der Waals surface area contributed by atoms with E-state index in [1.54, 1.807) is 21.0 Å². The lowest BCUT2D eigenvalue weighted by Crippen LogP contribution is -2.30. The molecule has 1 N–H and O–H groups in total. The number of carboxylic acids is 1. The first-order valence-electron chi connectivity index (χ1n) is 5.75. The molecule has 4 nitrogen and oxygen atoms in total. The van der Waals surface area contributed by atoms with Crippen LogP contribution in [0.1, 0.15) is 19.5 Å². The van der Waals surface area contributed by atoms with E-state index in [-0.39, 0.29) is 0 Å². The quantitative estimate of drug-likeness (QED) is 0.906. The third-order valence-electron chi connectivity index (χ3n) is 3.42. The summed E-state index contributed by atoms with van der Waals surface area (Å²) in [5.74, 6) is -0.0619. The molecule has 0 bridgehead atoms. The lowest BCUT2D eigenvalue weighted by Gasteiger charge is -2.20. The number of fused-ring (bicyclic) bond motifs is 1. The Morgan fingerprint density at radius 3 is 2.56 bits per heavy atom. The smallest absolute Gasteiger partial charge is 0.315 e. The molecule has 0 aliphatic carbocycles. The van der Waals surface area contributed by atoms with Crippen molar-refractivity contribution in [2.45, 2.75) is 19.3 Å². The van der Waals surface area contributed by atoms with Gasteiger partial charge >= 0.3 is 5.97 Å². The molecule has 1 aromatic heterocycles. The third-order valence-corrected chi connectivity index (χ3v) is 3.42. The highest BCUT2D eigenvalue weighted by Crippen LogP contribution is 2.31. The number of nitrogens with zero attached hydrogens (tertiary/aromatic N) is 1. The molecule has 0 radical (unpaired) electrons. The van der Waals surface area contributed by atoms with Gasteiger partial charge in [0.1, 0.15) is 11.2 Å². The summed E-state index contributed by atoms with van der Waals surface area (Å²) in [4.78, 5) is 11.3. The topological polar surface area (TPSA) is 51.5 Å². The molecule has 18 heavy (non-hydrogen) atoms. The van der Waals surface area contributed by atoms with Crippen LogP contribution in [0.2, 0.25) is 0 Å². The number of carbonyl (C=O) groups is 1. The van der Waals surface area contributed by atoms with Crippen LogP contribution in [0.3, 0.4) is 0 Å². The van der Waals surface area contributed by atoms with E-state index in [0.717, 1.165) is 22.3 Å². The Balaban J connectivity index is 2.67. The zero-order valence-electron chi connectivity index (χ0n) is 11.0. The Morgan fingerprint density at radius 2 is 2.00 bits per heavy atom. The van der Waals surface area contributed by atoms with E-state index in [0.29, 0.717) is 0 Å². The maximum Gasteiger partial charge on any atom is 0.315 e. The van der Waals surface area contributed by atoms with Gasteiger partial charge < -0.3 is 14.4 Å². The molecule has 0 unspecified atom stereocenters. The van der Waals surface area contributed by atoms with Crippen LogP contribution in [0.5, 0.6) is 5.75 Å². The largest absolute Gasteiger partial charge is 0.497 e. The first-order chi connectivity index (χ1) is 8.37. The Bertz CT molecular complexity index is 611. The van der Waals surface area contributed by atoms with Gasteiger partial charge in [0.25, 0.3) is 0 Å². The van der Waals surface area contributed by atoms with Crippen molar-refractivity contribution in [1.29, 1.82) is 0 Å². The maximum absolute atomic E-state index is 11.3. The van der Waals surface area contributed by atoms with Crippen LogP contribution >= 0.6 is 0 Å². The number of aliphatic carboxylic acids is 1. The summed E-state index contributed by atoms with van der Waals surface area (Å²) >= 11 is 0. The van der Waals surface area contributed by atoms with Crippen molar-refractivity contribution in [2.24, 2.45) is 7.05 Å². The van der Waals surface area contributed by atoms with Gasteiger partial charge in [-0.3, -0.25) is 4.79 Å². The third kappa shape index (κ3) is 1.74. The van der Waals surface area contributed by atoms with Crippen LogP contribution in [-0.4, -0.2) is 22.8 Å². The van der Waals surface area contributed by atoms with Gasteiger partial charge in [0, 0.05) is 23.6 Å². The summed E-state index contributed by atoms with van der Waals surface area (Å²) in [6, 6.07) is 7.64. The molecule has 0 aliphatic heterocycles. The fourth-order valence-electron chi connectivity index (χ4n) is 2.16. The molecule has 0 fully saturated rings. The van der Waals surface area contributed by atoms with Gasteiger partial charge in [-0.05, 0) is 38.1 Å². The van der Waals surface area contributed by atoms with Crippen molar-refractivity contribution in [2.75, 3.05) is 7.11 Å². The van der Waals surface area contributed by atoms with Gasteiger partial charge in [0.2, 0.25) is 0 Å². The summed E-state index contributed by atoms with van der Waals surface area (Å²) in [6.45, 7) is 3.42. The minimum absolute atomic E-state index is 0.771. The zero-order chi connectivity index (χ0) is 13.5. The monoisotopic (exact) mass is 247 g/mol. The number of aromatic nitrogens is 1. The van der Waals surface area contributed by atoms with E-state index in [9.17, 15) is 9.90 Å². The van der Waals surface area contributed by atoms with Gasteiger partial charge in [0.15, 0.2) is 0 Å². The van der Waals surface area contributed by atoms with Crippen LogP contribution < -0.4 is 4.74 Å². The predicted molar refractivity (Wildman–Crippen MR) is 70.1 cm³/mol. The first-order valence-corrected chi connectivity index (χ1v) is 5.75. The zero-order valence-corrected chi connectivity index (χ0v) is 11.0. The average molecular weight is 247 g/mol. The number of hydrogen-bond donors (Lipinski definition) is 1. The number of aryl methyl sites for hydroxylation is 1. The van der Waals surface area contributed by atoms with E-state index in [4.69, 9.17) is 4.74 Å². The molecule has 0 spiro atoms. The molecule has 0 amide bonds. The van der Waals surface area contributed by atoms with Crippen molar-refractivity contribution in [1.82, 2.24) is 4.57 Å². The fourth-order valence-corrected chi connectivity index (χ4v) is 2.16. The molecule has 1 heterocycles. The van der Waals surface area contributed by atoms with E-state index in [1.807, 2.05) is 35.9 Å². The Kier molecular flexibility index (Phi) is 2.81. The Labute approximate surface area is 106 Å². The van der Waals surface area contributed by atoms with Crippen LogP contribution in [0, 0.1) is 0 Å². The Hall–Kier alpha value is -1.97. The van der Waals surface area contributed by atoms with Gasteiger partial charge in [-0.1, -0.05) is 0 Å². The minimum atomic E-state index is -0.916. The molecule has 2 rings (SSSR count). The molecule has 0 atom stereocenters. The molecule has 4 heteroatoms. The number of carboxylic acid groups (broad SMARTS) is 1. The molecule has 2 aromatic rings. The van der Waals surface area contributed by atoms with Crippen LogP contribution in [-0.2, 0) is 17.3 Å². The van der Waals surface area contributed by atoms with Gasteiger partial charge in [-0.15, -0.1) is 0 Å². The summed E-state index contributed by atoms with van der Waals surface area (Å²) < 4.78 is 7.10. The molecule has 0 saturated carbocycles.